The quantitative estimate of drug-likeness (QED) is 0.851. The highest BCUT2D eigenvalue weighted by Crippen LogP contribution is 2.21. The van der Waals surface area contributed by atoms with Crippen molar-refractivity contribution in [1.29, 1.82) is 5.26 Å². The van der Waals surface area contributed by atoms with Gasteiger partial charge in [-0.05, 0) is 23.1 Å². The Morgan fingerprint density at radius 3 is 2.16 bits per heavy atom. The van der Waals surface area contributed by atoms with E-state index >= 15 is 0 Å². The molecule has 5 heteroatoms. The lowest BCUT2D eigenvalue weighted by molar-refractivity contribution is 0.311. The van der Waals surface area contributed by atoms with E-state index in [0.29, 0.717) is 6.54 Å². The van der Waals surface area contributed by atoms with E-state index in [1.165, 1.54) is 4.31 Å². The van der Waals surface area contributed by atoms with E-state index in [0.717, 1.165) is 5.56 Å². The second-order valence-electron chi connectivity index (χ2n) is 5.80. The summed E-state index contributed by atoms with van der Waals surface area (Å²) in [7, 11) is -1.87. The maximum Gasteiger partial charge on any atom is 0.242 e. The summed E-state index contributed by atoms with van der Waals surface area (Å²) in [4.78, 5) is 0.265. The summed E-state index contributed by atoms with van der Waals surface area (Å²) in [6.45, 7) is 6.44. The highest BCUT2D eigenvalue weighted by atomic mass is 32.2. The van der Waals surface area contributed by atoms with Gasteiger partial charge in [0.05, 0.1) is 17.4 Å². The van der Waals surface area contributed by atoms with E-state index in [9.17, 15) is 8.42 Å². The average molecular weight is 280 g/mol. The third-order valence-corrected chi connectivity index (χ3v) is 4.43. The first kappa shape index (κ1) is 15.7. The summed E-state index contributed by atoms with van der Waals surface area (Å²) < 4.78 is 26.0. The molecule has 4 nitrogen and oxygen atoms in total. The van der Waals surface area contributed by atoms with Crippen LogP contribution in [-0.2, 0) is 16.4 Å². The number of hydrogen-bond acceptors (Lipinski definition) is 3. The highest BCUT2D eigenvalue weighted by Gasteiger charge is 2.25. The summed E-state index contributed by atoms with van der Waals surface area (Å²) in [6.07, 6.45) is 0.290. The van der Waals surface area contributed by atoms with Gasteiger partial charge in [0, 0.05) is 13.6 Å². The van der Waals surface area contributed by atoms with Crippen molar-refractivity contribution in [1.82, 2.24) is 4.31 Å². The predicted octanol–water partition coefficient (Wildman–Crippen LogP) is 2.42. The Hall–Kier alpha value is -1.38. The second-order valence-corrected chi connectivity index (χ2v) is 7.85. The van der Waals surface area contributed by atoms with E-state index in [4.69, 9.17) is 5.26 Å². The summed E-state index contributed by atoms with van der Waals surface area (Å²) in [6, 6.07) is 8.51. The first-order valence-corrected chi connectivity index (χ1v) is 7.53. The van der Waals surface area contributed by atoms with Crippen molar-refractivity contribution in [3.63, 3.8) is 0 Å². The van der Waals surface area contributed by atoms with E-state index in [-0.39, 0.29) is 16.7 Å². The molecule has 0 N–H and O–H groups in total. The first-order valence-electron chi connectivity index (χ1n) is 6.09. The third-order valence-electron chi connectivity index (χ3n) is 2.61. The molecule has 1 aromatic rings. The molecule has 1 rings (SSSR count). The Morgan fingerprint density at radius 1 is 1.21 bits per heavy atom. The Kier molecular flexibility index (Phi) is 4.72. The lowest BCUT2D eigenvalue weighted by atomic mass is 9.97. The van der Waals surface area contributed by atoms with Gasteiger partial charge in [-0.1, -0.05) is 32.9 Å². The number of nitriles is 1. The summed E-state index contributed by atoms with van der Waals surface area (Å²) in [5, 5.41) is 8.59. The molecule has 0 saturated heterocycles. The predicted molar refractivity (Wildman–Crippen MR) is 75.0 cm³/mol. The molecule has 0 amide bonds. The van der Waals surface area contributed by atoms with Crippen molar-refractivity contribution in [2.75, 3.05) is 13.6 Å². The first-order chi connectivity index (χ1) is 8.66. The normalized spacial score (nSPS) is 12.4. The molecule has 0 aliphatic rings. The van der Waals surface area contributed by atoms with Gasteiger partial charge in [0.1, 0.15) is 0 Å². The minimum atomic E-state index is -3.45. The van der Waals surface area contributed by atoms with Gasteiger partial charge in [0.15, 0.2) is 0 Å². The standard InChI is InChI=1S/C14H20N2O2S/c1-14(2,3)11-16(4)19(17,18)13-7-5-12(6-8-13)9-10-15/h5-8H,9,11H2,1-4H3. The fourth-order valence-corrected chi connectivity index (χ4v) is 3.20. The monoisotopic (exact) mass is 280 g/mol. The van der Waals surface area contributed by atoms with Crippen LogP contribution in [0.4, 0.5) is 0 Å². The summed E-state index contributed by atoms with van der Waals surface area (Å²) >= 11 is 0. The minimum Gasteiger partial charge on any atom is -0.207 e. The van der Waals surface area contributed by atoms with Gasteiger partial charge < -0.3 is 0 Å². The van der Waals surface area contributed by atoms with Crippen molar-refractivity contribution < 1.29 is 8.42 Å². The Bertz CT molecular complexity index is 563. The molecule has 0 spiro atoms. The molecule has 0 fully saturated rings. The van der Waals surface area contributed by atoms with Gasteiger partial charge >= 0.3 is 0 Å². The zero-order valence-corrected chi connectivity index (χ0v) is 12.7. The Balaban J connectivity index is 2.97. The van der Waals surface area contributed by atoms with Crippen molar-refractivity contribution in [3.8, 4) is 6.07 Å². The molecule has 104 valence electrons. The van der Waals surface area contributed by atoms with Crippen LogP contribution in [-0.4, -0.2) is 26.3 Å². The fourth-order valence-electron chi connectivity index (χ4n) is 1.80. The number of nitrogens with zero attached hydrogens (tertiary/aromatic N) is 2. The molecule has 0 aliphatic carbocycles. The van der Waals surface area contributed by atoms with Gasteiger partial charge in [-0.2, -0.15) is 5.26 Å². The maximum atomic E-state index is 12.3. The van der Waals surface area contributed by atoms with Crippen LogP contribution in [0.3, 0.4) is 0 Å². The lowest BCUT2D eigenvalue weighted by Gasteiger charge is -2.26. The SMILES string of the molecule is CN(CC(C)(C)C)S(=O)(=O)c1ccc(CC#N)cc1. The topological polar surface area (TPSA) is 61.2 Å². The van der Waals surface area contributed by atoms with Gasteiger partial charge in [0.25, 0.3) is 0 Å². The number of sulfonamides is 1. The van der Waals surface area contributed by atoms with Crippen LogP contribution in [0.2, 0.25) is 0 Å². The van der Waals surface area contributed by atoms with Gasteiger partial charge in [0.2, 0.25) is 10.0 Å². The van der Waals surface area contributed by atoms with Gasteiger partial charge in [-0.3, -0.25) is 0 Å². The molecule has 0 bridgehead atoms. The number of hydrogen-bond donors (Lipinski definition) is 0. The molecular formula is C14H20N2O2S. The van der Waals surface area contributed by atoms with Crippen LogP contribution < -0.4 is 0 Å². The molecule has 0 aromatic heterocycles. The van der Waals surface area contributed by atoms with Crippen molar-refractivity contribution >= 4 is 10.0 Å². The molecule has 0 atom stereocenters. The molecule has 0 unspecified atom stereocenters. The molecule has 19 heavy (non-hydrogen) atoms. The fraction of sp³-hybridized carbons (Fsp3) is 0.500. The van der Waals surface area contributed by atoms with Crippen molar-refractivity contribution in [3.05, 3.63) is 29.8 Å². The van der Waals surface area contributed by atoms with Crippen LogP contribution in [0.25, 0.3) is 0 Å². The molecule has 0 radical (unpaired) electrons. The molecule has 0 saturated carbocycles. The van der Waals surface area contributed by atoms with Crippen LogP contribution in [0.1, 0.15) is 26.3 Å². The smallest absolute Gasteiger partial charge is 0.207 e. The average Bonchev–Trinajstić information content (AvgIpc) is 2.28. The molecular weight excluding hydrogens is 260 g/mol. The van der Waals surface area contributed by atoms with Crippen LogP contribution in [0, 0.1) is 16.7 Å². The van der Waals surface area contributed by atoms with Crippen molar-refractivity contribution in [2.45, 2.75) is 32.1 Å². The zero-order valence-electron chi connectivity index (χ0n) is 11.8. The zero-order chi connectivity index (χ0) is 14.7. The van der Waals surface area contributed by atoms with Crippen LogP contribution in [0.15, 0.2) is 29.2 Å². The largest absolute Gasteiger partial charge is 0.242 e. The second kappa shape index (κ2) is 5.72. The highest BCUT2D eigenvalue weighted by molar-refractivity contribution is 7.89. The summed E-state index contributed by atoms with van der Waals surface area (Å²) in [5.74, 6) is 0. The lowest BCUT2D eigenvalue weighted by Crippen LogP contribution is -2.34. The number of benzene rings is 1. The van der Waals surface area contributed by atoms with Gasteiger partial charge in [-0.15, -0.1) is 0 Å². The minimum absolute atomic E-state index is 0.0947. The van der Waals surface area contributed by atoms with E-state index < -0.39 is 10.0 Å². The van der Waals surface area contributed by atoms with Crippen LogP contribution in [0.5, 0.6) is 0 Å². The van der Waals surface area contributed by atoms with E-state index in [1.54, 1.807) is 31.3 Å². The molecule has 1 aromatic carbocycles. The van der Waals surface area contributed by atoms with Crippen LogP contribution >= 0.6 is 0 Å². The molecule has 0 aliphatic heterocycles. The van der Waals surface area contributed by atoms with E-state index in [2.05, 4.69) is 0 Å². The Labute approximate surface area is 115 Å². The van der Waals surface area contributed by atoms with E-state index in [1.807, 2.05) is 26.8 Å². The maximum absolute atomic E-state index is 12.3. The Morgan fingerprint density at radius 2 is 1.74 bits per heavy atom. The third kappa shape index (κ3) is 4.34. The van der Waals surface area contributed by atoms with Gasteiger partial charge in [-0.25, -0.2) is 12.7 Å². The molecule has 0 heterocycles. The summed E-state index contributed by atoms with van der Waals surface area (Å²) in [5.41, 5.74) is 0.725. The number of rotatable bonds is 4. The van der Waals surface area contributed by atoms with Crippen molar-refractivity contribution in [2.24, 2.45) is 5.41 Å².